The Morgan fingerprint density at radius 1 is 1.30 bits per heavy atom. The first-order valence-electron chi connectivity index (χ1n) is 7.35. The summed E-state index contributed by atoms with van der Waals surface area (Å²) in [5.74, 6) is -0.0192. The number of unbranched alkanes of at least 4 members (excludes halogenated alkanes) is 1. The highest BCUT2D eigenvalue weighted by atomic mass is 19.1. The van der Waals surface area contributed by atoms with E-state index < -0.39 is 0 Å². The number of carbonyl (C=O) groups excluding carboxylic acids is 1. The van der Waals surface area contributed by atoms with Crippen LogP contribution in [0.3, 0.4) is 0 Å². The van der Waals surface area contributed by atoms with Crippen LogP contribution in [0.4, 0.5) is 4.39 Å². The third-order valence-electron chi connectivity index (χ3n) is 3.77. The summed E-state index contributed by atoms with van der Waals surface area (Å²) in [6, 6.07) is 5.14. The molecule has 20 heavy (non-hydrogen) atoms. The Labute approximate surface area is 120 Å². The molecule has 1 aliphatic rings. The van der Waals surface area contributed by atoms with Gasteiger partial charge in [0, 0.05) is 31.7 Å². The lowest BCUT2D eigenvalue weighted by Crippen LogP contribution is -2.50. The molecule has 3 nitrogen and oxygen atoms in total. The standard InChI is InChI=1S/C16H23FN2O/c1-3-4-7-19-9-8-18(12-16(19)20)11-14-10-13(2)5-6-15(14)17/h5-6,10H,3-4,7-9,11-12H2,1-2H3. The molecule has 1 fully saturated rings. The van der Waals surface area contributed by atoms with Crippen LogP contribution < -0.4 is 0 Å². The summed E-state index contributed by atoms with van der Waals surface area (Å²) < 4.78 is 13.7. The maximum Gasteiger partial charge on any atom is 0.236 e. The molecule has 1 aromatic carbocycles. The van der Waals surface area contributed by atoms with Crippen molar-refractivity contribution in [2.75, 3.05) is 26.2 Å². The van der Waals surface area contributed by atoms with Gasteiger partial charge in [-0.25, -0.2) is 4.39 Å². The van der Waals surface area contributed by atoms with Gasteiger partial charge in [0.2, 0.25) is 5.91 Å². The fourth-order valence-electron chi connectivity index (χ4n) is 2.54. The molecule has 1 amide bonds. The van der Waals surface area contributed by atoms with E-state index in [9.17, 15) is 9.18 Å². The van der Waals surface area contributed by atoms with Crippen LogP contribution in [0.1, 0.15) is 30.9 Å². The van der Waals surface area contributed by atoms with Crippen molar-refractivity contribution >= 4 is 5.91 Å². The minimum Gasteiger partial charge on any atom is -0.340 e. The normalized spacial score (nSPS) is 16.8. The van der Waals surface area contributed by atoms with E-state index in [1.54, 1.807) is 6.07 Å². The lowest BCUT2D eigenvalue weighted by molar-refractivity contribution is -0.136. The molecular weight excluding hydrogens is 255 g/mol. The van der Waals surface area contributed by atoms with Gasteiger partial charge in [-0.05, 0) is 19.4 Å². The second-order valence-electron chi connectivity index (χ2n) is 5.54. The number of halogens is 1. The smallest absolute Gasteiger partial charge is 0.236 e. The Morgan fingerprint density at radius 3 is 2.80 bits per heavy atom. The van der Waals surface area contributed by atoms with E-state index in [4.69, 9.17) is 0 Å². The summed E-state index contributed by atoms with van der Waals surface area (Å²) in [7, 11) is 0. The monoisotopic (exact) mass is 278 g/mol. The zero-order valence-corrected chi connectivity index (χ0v) is 12.4. The van der Waals surface area contributed by atoms with Crippen molar-refractivity contribution in [2.24, 2.45) is 0 Å². The van der Waals surface area contributed by atoms with Gasteiger partial charge in [0.05, 0.1) is 6.54 Å². The van der Waals surface area contributed by atoms with Gasteiger partial charge in [-0.1, -0.05) is 31.0 Å². The first kappa shape index (κ1) is 15.0. The summed E-state index contributed by atoms with van der Waals surface area (Å²) in [4.78, 5) is 16.0. The van der Waals surface area contributed by atoms with Crippen molar-refractivity contribution in [3.05, 3.63) is 35.1 Å². The van der Waals surface area contributed by atoms with Crippen molar-refractivity contribution in [3.63, 3.8) is 0 Å². The zero-order chi connectivity index (χ0) is 14.5. The van der Waals surface area contributed by atoms with Crippen LogP contribution in [0.15, 0.2) is 18.2 Å². The molecule has 4 heteroatoms. The fraction of sp³-hybridized carbons (Fsp3) is 0.562. The van der Waals surface area contributed by atoms with E-state index in [0.717, 1.165) is 38.0 Å². The molecule has 1 aromatic rings. The number of piperazine rings is 1. The van der Waals surface area contributed by atoms with E-state index in [-0.39, 0.29) is 11.7 Å². The second kappa shape index (κ2) is 6.84. The van der Waals surface area contributed by atoms with Crippen molar-refractivity contribution < 1.29 is 9.18 Å². The van der Waals surface area contributed by atoms with Crippen LogP contribution in [0.5, 0.6) is 0 Å². The molecule has 0 spiro atoms. The summed E-state index contributed by atoms with van der Waals surface area (Å²) in [6.07, 6.45) is 2.15. The van der Waals surface area contributed by atoms with Crippen LogP contribution in [0.2, 0.25) is 0 Å². The van der Waals surface area contributed by atoms with Gasteiger partial charge in [0.25, 0.3) is 0 Å². The molecule has 110 valence electrons. The predicted molar refractivity (Wildman–Crippen MR) is 77.9 cm³/mol. The van der Waals surface area contributed by atoms with Crippen LogP contribution in [0.25, 0.3) is 0 Å². The summed E-state index contributed by atoms with van der Waals surface area (Å²) in [5, 5.41) is 0. The Bertz CT molecular complexity index is 476. The average Bonchev–Trinajstić information content (AvgIpc) is 2.42. The van der Waals surface area contributed by atoms with Gasteiger partial charge in [0.15, 0.2) is 0 Å². The van der Waals surface area contributed by atoms with Crippen LogP contribution in [-0.2, 0) is 11.3 Å². The molecule has 0 aliphatic carbocycles. The predicted octanol–water partition coefficient (Wildman–Crippen LogP) is 2.58. The van der Waals surface area contributed by atoms with Gasteiger partial charge < -0.3 is 4.90 Å². The fourth-order valence-corrected chi connectivity index (χ4v) is 2.54. The van der Waals surface area contributed by atoms with E-state index in [0.29, 0.717) is 18.7 Å². The van der Waals surface area contributed by atoms with E-state index in [2.05, 4.69) is 6.92 Å². The maximum atomic E-state index is 13.7. The molecule has 0 atom stereocenters. The lowest BCUT2D eigenvalue weighted by atomic mass is 10.1. The molecular formula is C16H23FN2O. The number of carbonyl (C=O) groups is 1. The van der Waals surface area contributed by atoms with Crippen LogP contribution in [-0.4, -0.2) is 41.9 Å². The molecule has 0 N–H and O–H groups in total. The van der Waals surface area contributed by atoms with Gasteiger partial charge >= 0.3 is 0 Å². The first-order valence-corrected chi connectivity index (χ1v) is 7.35. The van der Waals surface area contributed by atoms with Gasteiger partial charge in [-0.3, -0.25) is 9.69 Å². The topological polar surface area (TPSA) is 23.6 Å². The molecule has 1 heterocycles. The first-order chi connectivity index (χ1) is 9.60. The van der Waals surface area contributed by atoms with Crippen molar-refractivity contribution in [2.45, 2.75) is 33.2 Å². The summed E-state index contributed by atoms with van der Waals surface area (Å²) in [5.41, 5.74) is 1.73. The third-order valence-corrected chi connectivity index (χ3v) is 3.77. The molecule has 0 unspecified atom stereocenters. The minimum atomic E-state index is -0.184. The minimum absolute atomic E-state index is 0.165. The van der Waals surface area contributed by atoms with Gasteiger partial charge in [0.1, 0.15) is 5.82 Å². The number of nitrogens with zero attached hydrogens (tertiary/aromatic N) is 2. The largest absolute Gasteiger partial charge is 0.340 e. The zero-order valence-electron chi connectivity index (χ0n) is 12.4. The Kier molecular flexibility index (Phi) is 5.12. The Hall–Kier alpha value is -1.42. The summed E-state index contributed by atoms with van der Waals surface area (Å²) in [6.45, 7) is 7.42. The molecule has 1 aliphatic heterocycles. The second-order valence-corrected chi connectivity index (χ2v) is 5.54. The van der Waals surface area contributed by atoms with Crippen LogP contribution in [0, 0.1) is 12.7 Å². The number of rotatable bonds is 5. The SMILES string of the molecule is CCCCN1CCN(Cc2cc(C)ccc2F)CC1=O. The van der Waals surface area contributed by atoms with Gasteiger partial charge in [-0.15, -0.1) is 0 Å². The number of amides is 1. The Balaban J connectivity index is 1.93. The molecule has 2 rings (SSSR count). The quantitative estimate of drug-likeness (QED) is 0.826. The highest BCUT2D eigenvalue weighted by molar-refractivity contribution is 5.79. The molecule has 0 bridgehead atoms. The van der Waals surface area contributed by atoms with Crippen molar-refractivity contribution in [1.82, 2.24) is 9.80 Å². The van der Waals surface area contributed by atoms with Gasteiger partial charge in [-0.2, -0.15) is 0 Å². The molecule has 0 saturated carbocycles. The number of aryl methyl sites for hydroxylation is 1. The van der Waals surface area contributed by atoms with Crippen molar-refractivity contribution in [1.29, 1.82) is 0 Å². The van der Waals surface area contributed by atoms with E-state index in [1.165, 1.54) is 6.07 Å². The third kappa shape index (κ3) is 3.79. The molecule has 0 radical (unpaired) electrons. The lowest BCUT2D eigenvalue weighted by Gasteiger charge is -2.34. The number of benzene rings is 1. The maximum absolute atomic E-state index is 13.7. The number of hydrogen-bond acceptors (Lipinski definition) is 2. The average molecular weight is 278 g/mol. The molecule has 0 aromatic heterocycles. The molecule has 1 saturated heterocycles. The number of hydrogen-bond donors (Lipinski definition) is 0. The van der Waals surface area contributed by atoms with Crippen LogP contribution >= 0.6 is 0 Å². The Morgan fingerprint density at radius 2 is 2.10 bits per heavy atom. The van der Waals surface area contributed by atoms with E-state index >= 15 is 0 Å². The highest BCUT2D eigenvalue weighted by Gasteiger charge is 2.23. The van der Waals surface area contributed by atoms with Crippen molar-refractivity contribution in [3.8, 4) is 0 Å². The van der Waals surface area contributed by atoms with E-state index in [1.807, 2.05) is 22.8 Å². The summed E-state index contributed by atoms with van der Waals surface area (Å²) >= 11 is 0. The highest BCUT2D eigenvalue weighted by Crippen LogP contribution is 2.14.